The highest BCUT2D eigenvalue weighted by Gasteiger charge is 2.19. The zero-order chi connectivity index (χ0) is 14.3. The Morgan fingerprint density at radius 2 is 2.11 bits per heavy atom. The molecule has 0 heterocycles. The van der Waals surface area contributed by atoms with Crippen LogP contribution in [0.5, 0.6) is 0 Å². The lowest BCUT2D eigenvalue weighted by Gasteiger charge is -2.10. The second-order valence-electron chi connectivity index (χ2n) is 3.64. The predicted octanol–water partition coefficient (Wildman–Crippen LogP) is 2.36. The molecular formula is C12H13ClFNO3S. The van der Waals surface area contributed by atoms with Crippen LogP contribution in [0.1, 0.15) is 6.42 Å². The zero-order valence-electron chi connectivity index (χ0n) is 9.94. The molecule has 0 bridgehead atoms. The van der Waals surface area contributed by atoms with Crippen molar-refractivity contribution >= 4 is 35.2 Å². The van der Waals surface area contributed by atoms with Crippen LogP contribution in [-0.4, -0.2) is 35.5 Å². The van der Waals surface area contributed by atoms with E-state index in [2.05, 4.69) is 5.32 Å². The first-order chi connectivity index (χ1) is 9.04. The number of carbonyl (C=O) groups is 2. The first-order valence-corrected chi connectivity index (χ1v) is 6.86. The van der Waals surface area contributed by atoms with Crippen molar-refractivity contribution in [3.05, 3.63) is 29.3 Å². The van der Waals surface area contributed by atoms with Crippen LogP contribution < -0.4 is 5.32 Å². The molecule has 0 aliphatic heterocycles. The fourth-order valence-electron chi connectivity index (χ4n) is 1.25. The SMILES string of the molecule is O=C(CCSc1ccccc1Cl)NC(CF)C(=O)O. The van der Waals surface area contributed by atoms with Gasteiger partial charge in [-0.05, 0) is 12.1 Å². The van der Waals surface area contributed by atoms with Crippen molar-refractivity contribution < 1.29 is 19.1 Å². The van der Waals surface area contributed by atoms with Crippen LogP contribution in [-0.2, 0) is 9.59 Å². The monoisotopic (exact) mass is 305 g/mol. The van der Waals surface area contributed by atoms with Gasteiger partial charge < -0.3 is 10.4 Å². The molecule has 0 aromatic heterocycles. The third-order valence-corrected chi connectivity index (χ3v) is 3.73. The maximum atomic E-state index is 12.3. The Labute approximate surface area is 119 Å². The molecule has 1 amide bonds. The Kier molecular flexibility index (Phi) is 6.66. The summed E-state index contributed by atoms with van der Waals surface area (Å²) in [6.45, 7) is -1.13. The summed E-state index contributed by atoms with van der Waals surface area (Å²) in [6.07, 6.45) is 0.0969. The summed E-state index contributed by atoms with van der Waals surface area (Å²) >= 11 is 7.32. The molecule has 19 heavy (non-hydrogen) atoms. The minimum atomic E-state index is -1.47. The Balaban J connectivity index is 2.35. The summed E-state index contributed by atoms with van der Waals surface area (Å²) in [4.78, 5) is 22.8. The van der Waals surface area contributed by atoms with Crippen LogP contribution in [0.3, 0.4) is 0 Å². The molecule has 1 atom stereocenters. The average molecular weight is 306 g/mol. The molecule has 104 valence electrons. The van der Waals surface area contributed by atoms with Gasteiger partial charge in [-0.3, -0.25) is 4.79 Å². The van der Waals surface area contributed by atoms with Crippen LogP contribution in [0.15, 0.2) is 29.2 Å². The third-order valence-electron chi connectivity index (χ3n) is 2.21. The lowest BCUT2D eigenvalue weighted by molar-refractivity contribution is -0.142. The van der Waals surface area contributed by atoms with E-state index in [0.717, 1.165) is 4.90 Å². The number of alkyl halides is 1. The molecule has 1 aromatic rings. The second kappa shape index (κ2) is 8.01. The van der Waals surface area contributed by atoms with Crippen molar-refractivity contribution in [2.75, 3.05) is 12.4 Å². The maximum absolute atomic E-state index is 12.3. The minimum absolute atomic E-state index is 0.0969. The Bertz CT molecular complexity index is 458. The van der Waals surface area contributed by atoms with Crippen LogP contribution in [0.25, 0.3) is 0 Å². The van der Waals surface area contributed by atoms with E-state index in [-0.39, 0.29) is 6.42 Å². The van der Waals surface area contributed by atoms with Crippen LogP contribution in [0.2, 0.25) is 5.02 Å². The van der Waals surface area contributed by atoms with Crippen LogP contribution >= 0.6 is 23.4 Å². The molecule has 0 fully saturated rings. The van der Waals surface area contributed by atoms with E-state index in [9.17, 15) is 14.0 Å². The number of halogens is 2. The first-order valence-electron chi connectivity index (χ1n) is 5.50. The number of aliphatic carboxylic acids is 1. The van der Waals surface area contributed by atoms with E-state index in [4.69, 9.17) is 16.7 Å². The van der Waals surface area contributed by atoms with Gasteiger partial charge in [-0.25, -0.2) is 9.18 Å². The van der Waals surface area contributed by atoms with E-state index in [1.54, 1.807) is 12.1 Å². The van der Waals surface area contributed by atoms with Crippen molar-refractivity contribution in [3.63, 3.8) is 0 Å². The third kappa shape index (κ3) is 5.48. The van der Waals surface area contributed by atoms with Crippen molar-refractivity contribution in [2.24, 2.45) is 0 Å². The van der Waals surface area contributed by atoms with E-state index >= 15 is 0 Å². The number of hydrogen-bond donors (Lipinski definition) is 2. The molecule has 0 aliphatic rings. The minimum Gasteiger partial charge on any atom is -0.480 e. The summed E-state index contributed by atoms with van der Waals surface area (Å²) < 4.78 is 12.3. The number of hydrogen-bond acceptors (Lipinski definition) is 3. The fourth-order valence-corrected chi connectivity index (χ4v) is 2.44. The molecule has 0 aliphatic carbocycles. The van der Waals surface area contributed by atoms with Crippen molar-refractivity contribution in [1.29, 1.82) is 0 Å². The highest BCUT2D eigenvalue weighted by atomic mass is 35.5. The molecule has 1 rings (SSSR count). The molecule has 0 radical (unpaired) electrons. The molecule has 7 heteroatoms. The normalized spacial score (nSPS) is 11.9. The number of carboxylic acids is 1. The Morgan fingerprint density at radius 1 is 1.42 bits per heavy atom. The molecular weight excluding hydrogens is 293 g/mol. The quantitative estimate of drug-likeness (QED) is 0.759. The lowest BCUT2D eigenvalue weighted by Crippen LogP contribution is -2.42. The Morgan fingerprint density at radius 3 is 2.68 bits per heavy atom. The molecule has 1 unspecified atom stereocenters. The van der Waals surface area contributed by atoms with Crippen molar-refractivity contribution in [2.45, 2.75) is 17.4 Å². The van der Waals surface area contributed by atoms with Gasteiger partial charge in [0, 0.05) is 17.1 Å². The Hall–Kier alpha value is -1.27. The number of carboxylic acid groups (broad SMARTS) is 1. The summed E-state index contributed by atoms with van der Waals surface area (Å²) in [6, 6.07) is 5.73. The number of benzene rings is 1. The number of nitrogens with one attached hydrogen (secondary N) is 1. The van der Waals surface area contributed by atoms with Gasteiger partial charge in [-0.2, -0.15) is 0 Å². The smallest absolute Gasteiger partial charge is 0.328 e. The van der Waals surface area contributed by atoms with Crippen LogP contribution in [0.4, 0.5) is 4.39 Å². The molecule has 1 aromatic carbocycles. The predicted molar refractivity (Wildman–Crippen MR) is 72.3 cm³/mol. The first kappa shape index (κ1) is 15.8. The average Bonchev–Trinajstić information content (AvgIpc) is 2.38. The molecule has 0 saturated carbocycles. The largest absolute Gasteiger partial charge is 0.480 e. The van der Waals surface area contributed by atoms with Gasteiger partial charge in [0.25, 0.3) is 0 Å². The standard InChI is InChI=1S/C12H13ClFNO3S/c13-8-3-1-2-4-10(8)19-6-5-11(16)15-9(7-14)12(17)18/h1-4,9H,5-7H2,(H,15,16)(H,17,18). The summed E-state index contributed by atoms with van der Waals surface area (Å²) in [5, 5.41) is 11.3. The van der Waals surface area contributed by atoms with Gasteiger partial charge in [0.2, 0.25) is 5.91 Å². The number of thioether (sulfide) groups is 1. The van der Waals surface area contributed by atoms with Crippen LogP contribution in [0, 0.1) is 0 Å². The van der Waals surface area contributed by atoms with Gasteiger partial charge in [0.1, 0.15) is 6.67 Å². The number of carbonyl (C=O) groups excluding carboxylic acids is 1. The highest BCUT2D eigenvalue weighted by molar-refractivity contribution is 7.99. The summed E-state index contributed by atoms with van der Waals surface area (Å²) in [5.74, 6) is -1.44. The molecule has 0 spiro atoms. The van der Waals surface area contributed by atoms with Gasteiger partial charge in [0.15, 0.2) is 6.04 Å². The summed E-state index contributed by atoms with van der Waals surface area (Å²) in [7, 11) is 0. The second-order valence-corrected chi connectivity index (χ2v) is 5.19. The van der Waals surface area contributed by atoms with E-state index in [1.165, 1.54) is 11.8 Å². The van der Waals surface area contributed by atoms with Gasteiger partial charge in [-0.1, -0.05) is 23.7 Å². The lowest BCUT2D eigenvalue weighted by atomic mass is 10.3. The zero-order valence-corrected chi connectivity index (χ0v) is 11.5. The molecule has 2 N–H and O–H groups in total. The van der Waals surface area contributed by atoms with Gasteiger partial charge >= 0.3 is 5.97 Å². The van der Waals surface area contributed by atoms with E-state index in [1.807, 2.05) is 12.1 Å². The topological polar surface area (TPSA) is 66.4 Å². The van der Waals surface area contributed by atoms with Gasteiger partial charge in [-0.15, -0.1) is 11.8 Å². The fraction of sp³-hybridized carbons (Fsp3) is 0.333. The number of amides is 1. The molecule has 4 nitrogen and oxygen atoms in total. The van der Waals surface area contributed by atoms with E-state index < -0.39 is 24.6 Å². The van der Waals surface area contributed by atoms with Crippen molar-refractivity contribution in [3.8, 4) is 0 Å². The maximum Gasteiger partial charge on any atom is 0.328 e. The van der Waals surface area contributed by atoms with E-state index in [0.29, 0.717) is 10.8 Å². The number of rotatable bonds is 7. The van der Waals surface area contributed by atoms with Crippen molar-refractivity contribution in [1.82, 2.24) is 5.32 Å². The molecule has 0 saturated heterocycles. The summed E-state index contributed by atoms with van der Waals surface area (Å²) in [5.41, 5.74) is 0. The van der Waals surface area contributed by atoms with Gasteiger partial charge in [0.05, 0.1) is 5.02 Å². The highest BCUT2D eigenvalue weighted by Crippen LogP contribution is 2.26.